The average molecular weight is 356 g/mol. The first-order chi connectivity index (χ1) is 10.9. The van der Waals surface area contributed by atoms with E-state index in [0.29, 0.717) is 12.5 Å². The van der Waals surface area contributed by atoms with Gasteiger partial charge in [0.1, 0.15) is 6.07 Å². The second kappa shape index (κ2) is 7.77. The maximum absolute atomic E-state index is 12.0. The van der Waals surface area contributed by atoms with Gasteiger partial charge in [-0.3, -0.25) is 4.79 Å². The van der Waals surface area contributed by atoms with Crippen LogP contribution in [0.2, 0.25) is 5.02 Å². The highest BCUT2D eigenvalue weighted by Gasteiger charge is 2.20. The van der Waals surface area contributed by atoms with Crippen molar-refractivity contribution in [3.8, 4) is 6.07 Å². The zero-order valence-corrected chi connectivity index (χ0v) is 14.1. The molecule has 0 heterocycles. The van der Waals surface area contributed by atoms with Crippen LogP contribution in [-0.4, -0.2) is 33.2 Å². The molecule has 1 saturated carbocycles. The molecule has 0 saturated heterocycles. The van der Waals surface area contributed by atoms with Crippen LogP contribution in [0, 0.1) is 17.2 Å². The summed E-state index contributed by atoms with van der Waals surface area (Å²) >= 11 is 5.80. The maximum atomic E-state index is 12.0. The summed E-state index contributed by atoms with van der Waals surface area (Å²) in [5.74, 6) is -0.172. The third kappa shape index (κ3) is 5.20. The second-order valence-electron chi connectivity index (χ2n) is 5.53. The Kier molecular flexibility index (Phi) is 5.99. The summed E-state index contributed by atoms with van der Waals surface area (Å²) in [5.41, 5.74) is 0.472. The molecule has 0 aromatic heterocycles. The molecule has 1 aromatic carbocycles. The van der Waals surface area contributed by atoms with E-state index in [1.165, 1.54) is 18.2 Å². The lowest BCUT2D eigenvalue weighted by atomic mass is 9.86. The molecule has 0 bridgehead atoms. The Morgan fingerprint density at radius 3 is 2.74 bits per heavy atom. The first kappa shape index (κ1) is 17.7. The van der Waals surface area contributed by atoms with Crippen LogP contribution in [0.15, 0.2) is 18.2 Å². The molecule has 1 aromatic rings. The minimum Gasteiger partial charge on any atom is -0.351 e. The number of rotatable bonds is 7. The summed E-state index contributed by atoms with van der Waals surface area (Å²) < 4.78 is 26.2. The Labute approximate surface area is 140 Å². The van der Waals surface area contributed by atoms with Crippen molar-refractivity contribution < 1.29 is 13.2 Å². The van der Waals surface area contributed by atoms with Crippen LogP contribution >= 0.6 is 11.6 Å². The Hall–Kier alpha value is -1.62. The van der Waals surface area contributed by atoms with Crippen molar-refractivity contribution in [1.82, 2.24) is 10.0 Å². The number of nitrogens with one attached hydrogen (secondary N) is 2. The first-order valence-corrected chi connectivity index (χ1v) is 9.39. The molecule has 1 amide bonds. The smallest absolute Gasteiger partial charge is 0.251 e. The van der Waals surface area contributed by atoms with Crippen molar-refractivity contribution in [2.75, 3.05) is 18.8 Å². The molecule has 2 N–H and O–H groups in total. The second-order valence-corrected chi connectivity index (χ2v) is 7.86. The fourth-order valence-electron chi connectivity index (χ4n) is 2.17. The van der Waals surface area contributed by atoms with E-state index in [-0.39, 0.29) is 28.4 Å². The highest BCUT2D eigenvalue weighted by Crippen LogP contribution is 2.25. The van der Waals surface area contributed by atoms with Crippen LogP contribution in [0.3, 0.4) is 0 Å². The van der Waals surface area contributed by atoms with Crippen molar-refractivity contribution >= 4 is 27.5 Å². The normalized spacial score (nSPS) is 14.8. The number of halogens is 1. The fourth-order valence-corrected chi connectivity index (χ4v) is 3.33. The minimum atomic E-state index is -3.39. The lowest BCUT2D eigenvalue weighted by Gasteiger charge is -2.25. The van der Waals surface area contributed by atoms with E-state index in [1.54, 1.807) is 0 Å². The Morgan fingerprint density at radius 1 is 1.39 bits per heavy atom. The van der Waals surface area contributed by atoms with Crippen molar-refractivity contribution in [2.24, 2.45) is 5.92 Å². The molecule has 0 spiro atoms. The number of hydrogen-bond acceptors (Lipinski definition) is 4. The fraction of sp³-hybridized carbons (Fsp3) is 0.467. The van der Waals surface area contributed by atoms with Gasteiger partial charge in [-0.1, -0.05) is 18.0 Å². The van der Waals surface area contributed by atoms with Crippen molar-refractivity contribution in [3.63, 3.8) is 0 Å². The van der Waals surface area contributed by atoms with Crippen LogP contribution in [0.1, 0.15) is 35.2 Å². The number of benzene rings is 1. The number of carbonyl (C=O) groups excluding carboxylic acids is 1. The summed E-state index contributed by atoms with van der Waals surface area (Å²) in [6.07, 6.45) is 3.29. The van der Waals surface area contributed by atoms with E-state index in [0.717, 1.165) is 19.3 Å². The third-order valence-electron chi connectivity index (χ3n) is 3.82. The SMILES string of the molecule is N#Cc1cc(C(=O)NCCS(=O)(=O)NCC2CCC2)ccc1Cl. The highest BCUT2D eigenvalue weighted by molar-refractivity contribution is 7.89. The van der Waals surface area contributed by atoms with Crippen molar-refractivity contribution in [3.05, 3.63) is 34.3 Å². The van der Waals surface area contributed by atoms with E-state index in [2.05, 4.69) is 10.0 Å². The maximum Gasteiger partial charge on any atom is 0.251 e. The lowest BCUT2D eigenvalue weighted by Crippen LogP contribution is -2.37. The summed E-state index contributed by atoms with van der Waals surface area (Å²) in [6.45, 7) is 0.475. The van der Waals surface area contributed by atoms with Crippen molar-refractivity contribution in [2.45, 2.75) is 19.3 Å². The predicted octanol–water partition coefficient (Wildman–Crippen LogP) is 1.66. The molecule has 8 heteroatoms. The number of sulfonamides is 1. The summed E-state index contributed by atoms with van der Waals surface area (Å²) in [5, 5.41) is 11.7. The predicted molar refractivity (Wildman–Crippen MR) is 87.6 cm³/mol. The number of hydrogen-bond donors (Lipinski definition) is 2. The van der Waals surface area contributed by atoms with Gasteiger partial charge in [0, 0.05) is 18.7 Å². The zero-order chi connectivity index (χ0) is 16.9. The first-order valence-electron chi connectivity index (χ1n) is 7.36. The topological polar surface area (TPSA) is 99.1 Å². The molecule has 1 aliphatic rings. The van der Waals surface area contributed by atoms with Crippen LogP contribution in [0.25, 0.3) is 0 Å². The Balaban J connectivity index is 1.81. The summed E-state index contributed by atoms with van der Waals surface area (Å²) in [4.78, 5) is 12.0. The van der Waals surface area contributed by atoms with Gasteiger partial charge in [0.05, 0.1) is 16.3 Å². The Bertz CT molecular complexity index is 724. The van der Waals surface area contributed by atoms with Gasteiger partial charge >= 0.3 is 0 Å². The van der Waals surface area contributed by atoms with Gasteiger partial charge in [-0.05, 0) is 37.0 Å². The number of carbonyl (C=O) groups is 1. The Morgan fingerprint density at radius 2 is 2.13 bits per heavy atom. The van der Waals surface area contributed by atoms with Gasteiger partial charge in [0.25, 0.3) is 5.91 Å². The van der Waals surface area contributed by atoms with Crippen LogP contribution < -0.4 is 10.0 Å². The quantitative estimate of drug-likeness (QED) is 0.777. The van der Waals surface area contributed by atoms with E-state index in [4.69, 9.17) is 16.9 Å². The highest BCUT2D eigenvalue weighted by atomic mass is 35.5. The molecule has 6 nitrogen and oxygen atoms in total. The minimum absolute atomic E-state index is 0.00332. The van der Waals surface area contributed by atoms with Gasteiger partial charge < -0.3 is 5.32 Å². The third-order valence-corrected chi connectivity index (χ3v) is 5.50. The molecule has 0 aliphatic heterocycles. The van der Waals surface area contributed by atoms with Crippen LogP contribution in [-0.2, 0) is 10.0 Å². The number of nitrogens with zero attached hydrogens (tertiary/aromatic N) is 1. The molecule has 124 valence electrons. The number of amides is 1. The molecular weight excluding hydrogens is 338 g/mol. The molecule has 23 heavy (non-hydrogen) atoms. The molecule has 1 aliphatic carbocycles. The summed E-state index contributed by atoms with van der Waals surface area (Å²) in [6, 6.07) is 6.22. The number of nitriles is 1. The van der Waals surface area contributed by atoms with Gasteiger partial charge in [-0.15, -0.1) is 0 Å². The largest absolute Gasteiger partial charge is 0.351 e. The molecule has 0 radical (unpaired) electrons. The van der Waals surface area contributed by atoms with Gasteiger partial charge in [0.2, 0.25) is 10.0 Å². The van der Waals surface area contributed by atoms with Crippen LogP contribution in [0.5, 0.6) is 0 Å². The average Bonchev–Trinajstić information content (AvgIpc) is 2.45. The van der Waals surface area contributed by atoms with E-state index in [1.807, 2.05) is 6.07 Å². The monoisotopic (exact) mass is 355 g/mol. The van der Waals surface area contributed by atoms with E-state index in [9.17, 15) is 13.2 Å². The zero-order valence-electron chi connectivity index (χ0n) is 12.5. The standard InChI is InChI=1S/C15H18ClN3O3S/c16-14-5-4-12(8-13(14)9-17)15(20)18-6-7-23(21,22)19-10-11-2-1-3-11/h4-5,8,11,19H,1-3,6-7,10H2,(H,18,20). The van der Waals surface area contributed by atoms with Gasteiger partial charge in [-0.25, -0.2) is 13.1 Å². The molecule has 2 rings (SSSR count). The molecular formula is C15H18ClN3O3S. The molecule has 1 fully saturated rings. The van der Waals surface area contributed by atoms with E-state index >= 15 is 0 Å². The lowest BCUT2D eigenvalue weighted by molar-refractivity contribution is 0.0956. The van der Waals surface area contributed by atoms with Crippen LogP contribution in [0.4, 0.5) is 0 Å². The molecule has 0 unspecified atom stereocenters. The van der Waals surface area contributed by atoms with Gasteiger partial charge in [0.15, 0.2) is 0 Å². The summed E-state index contributed by atoms with van der Waals surface area (Å²) in [7, 11) is -3.39. The van der Waals surface area contributed by atoms with Crippen molar-refractivity contribution in [1.29, 1.82) is 5.26 Å². The molecule has 0 atom stereocenters. The van der Waals surface area contributed by atoms with Gasteiger partial charge in [-0.2, -0.15) is 5.26 Å². The van der Waals surface area contributed by atoms with E-state index < -0.39 is 15.9 Å².